The number of nitrogens with zero attached hydrogens (tertiary/aromatic N) is 3. The molecular weight excluding hydrogens is 360 g/mol. The molecule has 2 aromatic carbocycles. The van der Waals surface area contributed by atoms with E-state index in [0.717, 1.165) is 42.9 Å². The van der Waals surface area contributed by atoms with Crippen molar-refractivity contribution in [1.29, 1.82) is 0 Å². The summed E-state index contributed by atoms with van der Waals surface area (Å²) >= 11 is 0. The zero-order valence-corrected chi connectivity index (χ0v) is 16.9. The van der Waals surface area contributed by atoms with Crippen LogP contribution in [-0.2, 0) is 13.0 Å². The van der Waals surface area contributed by atoms with Crippen LogP contribution in [0.25, 0.3) is 0 Å². The fourth-order valence-corrected chi connectivity index (χ4v) is 3.87. The van der Waals surface area contributed by atoms with Crippen LogP contribution < -0.4 is 15.0 Å². The van der Waals surface area contributed by atoms with Gasteiger partial charge in [-0.1, -0.05) is 42.5 Å². The van der Waals surface area contributed by atoms with Crippen LogP contribution in [0, 0.1) is 5.92 Å². The lowest BCUT2D eigenvalue weighted by atomic mass is 9.90. The topological polar surface area (TPSA) is 50.3 Å². The van der Waals surface area contributed by atoms with Crippen LogP contribution in [0.4, 0.5) is 11.6 Å². The Morgan fingerprint density at radius 1 is 0.966 bits per heavy atom. The van der Waals surface area contributed by atoms with Gasteiger partial charge in [0.05, 0.1) is 7.11 Å². The van der Waals surface area contributed by atoms with Gasteiger partial charge in [-0.2, -0.15) is 0 Å². The van der Waals surface area contributed by atoms with Crippen molar-refractivity contribution in [3.63, 3.8) is 0 Å². The highest BCUT2D eigenvalue weighted by molar-refractivity contribution is 5.49. The molecule has 1 aliphatic rings. The van der Waals surface area contributed by atoms with E-state index in [4.69, 9.17) is 4.74 Å². The minimum atomic E-state index is 0.722. The van der Waals surface area contributed by atoms with Crippen LogP contribution in [0.1, 0.15) is 24.0 Å². The Labute approximate surface area is 172 Å². The second-order valence-corrected chi connectivity index (χ2v) is 7.58. The van der Waals surface area contributed by atoms with Gasteiger partial charge in [0.15, 0.2) is 0 Å². The van der Waals surface area contributed by atoms with Gasteiger partial charge in [0.2, 0.25) is 0 Å². The molecule has 0 amide bonds. The maximum Gasteiger partial charge on any atom is 0.134 e. The van der Waals surface area contributed by atoms with Gasteiger partial charge < -0.3 is 15.0 Å². The molecule has 3 aromatic rings. The second-order valence-electron chi connectivity index (χ2n) is 7.58. The molecule has 2 heterocycles. The van der Waals surface area contributed by atoms with E-state index < -0.39 is 0 Å². The third-order valence-corrected chi connectivity index (χ3v) is 5.59. The number of anilines is 2. The van der Waals surface area contributed by atoms with Crippen molar-refractivity contribution >= 4 is 11.6 Å². The highest BCUT2D eigenvalue weighted by Crippen LogP contribution is 2.25. The van der Waals surface area contributed by atoms with Crippen LogP contribution in [-0.4, -0.2) is 30.2 Å². The molecule has 0 radical (unpaired) electrons. The van der Waals surface area contributed by atoms with Gasteiger partial charge in [0, 0.05) is 25.7 Å². The Kier molecular flexibility index (Phi) is 6.25. The lowest BCUT2D eigenvalue weighted by molar-refractivity contribution is 0.402. The van der Waals surface area contributed by atoms with Crippen molar-refractivity contribution in [1.82, 2.24) is 9.97 Å². The summed E-state index contributed by atoms with van der Waals surface area (Å²) in [5.41, 5.74) is 2.63. The Bertz CT molecular complexity index is 890. The van der Waals surface area contributed by atoms with Crippen LogP contribution >= 0.6 is 0 Å². The highest BCUT2D eigenvalue weighted by Gasteiger charge is 2.20. The van der Waals surface area contributed by atoms with Gasteiger partial charge in [-0.3, -0.25) is 0 Å². The Morgan fingerprint density at radius 2 is 1.72 bits per heavy atom. The van der Waals surface area contributed by atoms with Crippen molar-refractivity contribution in [2.24, 2.45) is 5.92 Å². The number of hydrogen-bond donors (Lipinski definition) is 1. The van der Waals surface area contributed by atoms with Crippen molar-refractivity contribution < 1.29 is 4.74 Å². The zero-order valence-electron chi connectivity index (χ0n) is 16.9. The molecule has 150 valence electrons. The van der Waals surface area contributed by atoms with Gasteiger partial charge in [-0.15, -0.1) is 0 Å². The third kappa shape index (κ3) is 5.25. The molecule has 0 unspecified atom stereocenters. The lowest BCUT2D eigenvalue weighted by Gasteiger charge is -2.33. The maximum absolute atomic E-state index is 5.21. The first-order chi connectivity index (χ1) is 14.3. The predicted molar refractivity (Wildman–Crippen MR) is 117 cm³/mol. The quantitative estimate of drug-likeness (QED) is 0.643. The minimum absolute atomic E-state index is 0.722. The normalized spacial score (nSPS) is 14.6. The van der Waals surface area contributed by atoms with Crippen LogP contribution in [0.3, 0.4) is 0 Å². The van der Waals surface area contributed by atoms with Gasteiger partial charge in [0.25, 0.3) is 0 Å². The van der Waals surface area contributed by atoms with Crippen LogP contribution in [0.5, 0.6) is 5.75 Å². The first-order valence-electron chi connectivity index (χ1n) is 10.3. The molecule has 1 saturated heterocycles. The molecule has 0 aliphatic carbocycles. The predicted octanol–water partition coefficient (Wildman–Crippen LogP) is 4.56. The zero-order chi connectivity index (χ0) is 19.9. The molecule has 1 aliphatic heterocycles. The summed E-state index contributed by atoms with van der Waals surface area (Å²) in [7, 11) is 1.68. The van der Waals surface area contributed by atoms with Crippen LogP contribution in [0.2, 0.25) is 0 Å². The molecule has 1 aromatic heterocycles. The third-order valence-electron chi connectivity index (χ3n) is 5.59. The van der Waals surface area contributed by atoms with E-state index in [1.807, 2.05) is 12.1 Å². The summed E-state index contributed by atoms with van der Waals surface area (Å²) < 4.78 is 5.21. The molecule has 1 N–H and O–H groups in total. The number of methoxy groups -OCH3 is 1. The fraction of sp³-hybridized carbons (Fsp3) is 0.333. The smallest absolute Gasteiger partial charge is 0.134 e. The second kappa shape index (κ2) is 9.41. The van der Waals surface area contributed by atoms with E-state index in [0.29, 0.717) is 0 Å². The van der Waals surface area contributed by atoms with E-state index in [-0.39, 0.29) is 0 Å². The summed E-state index contributed by atoms with van der Waals surface area (Å²) in [6.07, 6.45) is 5.23. The molecular formula is C24H28N4O. The summed E-state index contributed by atoms with van der Waals surface area (Å²) in [5, 5.41) is 3.40. The van der Waals surface area contributed by atoms with E-state index in [1.54, 1.807) is 13.4 Å². The lowest BCUT2D eigenvalue weighted by Crippen LogP contribution is -2.34. The molecule has 0 saturated carbocycles. The average Bonchev–Trinajstić information content (AvgIpc) is 2.79. The molecule has 0 spiro atoms. The highest BCUT2D eigenvalue weighted by atomic mass is 16.5. The van der Waals surface area contributed by atoms with Gasteiger partial charge in [0.1, 0.15) is 23.7 Å². The van der Waals surface area contributed by atoms with E-state index >= 15 is 0 Å². The standard InChI is InChI=1S/C24H28N4O/c1-29-22-9-7-21(8-10-22)17-25-23-16-24(27-18-26-23)28-13-11-20(12-14-28)15-19-5-3-2-4-6-19/h2-10,16,18,20H,11-15,17H2,1H3,(H,25,26,27). The first kappa shape index (κ1) is 19.2. The Hall–Kier alpha value is -3.08. The number of ether oxygens (including phenoxy) is 1. The monoisotopic (exact) mass is 388 g/mol. The van der Waals surface area contributed by atoms with Gasteiger partial charge in [-0.25, -0.2) is 9.97 Å². The number of benzene rings is 2. The first-order valence-corrected chi connectivity index (χ1v) is 10.3. The molecule has 0 bridgehead atoms. The van der Waals surface area contributed by atoms with Gasteiger partial charge >= 0.3 is 0 Å². The largest absolute Gasteiger partial charge is 0.497 e. The number of hydrogen-bond acceptors (Lipinski definition) is 5. The van der Waals surface area contributed by atoms with Crippen molar-refractivity contribution in [2.45, 2.75) is 25.8 Å². The van der Waals surface area contributed by atoms with Crippen LogP contribution in [0.15, 0.2) is 67.0 Å². The van der Waals surface area contributed by atoms with Crippen molar-refractivity contribution in [2.75, 3.05) is 30.4 Å². The molecule has 0 atom stereocenters. The molecule has 1 fully saturated rings. The SMILES string of the molecule is COc1ccc(CNc2cc(N3CCC(Cc4ccccc4)CC3)ncn2)cc1. The maximum atomic E-state index is 5.21. The molecule has 5 heteroatoms. The average molecular weight is 389 g/mol. The van der Waals surface area contributed by atoms with E-state index in [2.05, 4.69) is 68.7 Å². The molecule has 29 heavy (non-hydrogen) atoms. The van der Waals surface area contributed by atoms with E-state index in [9.17, 15) is 0 Å². The summed E-state index contributed by atoms with van der Waals surface area (Å²) in [6, 6.07) is 20.9. The number of piperidine rings is 1. The summed E-state index contributed by atoms with van der Waals surface area (Å²) in [6.45, 7) is 2.82. The van der Waals surface area contributed by atoms with Gasteiger partial charge in [-0.05, 0) is 48.4 Å². The number of aromatic nitrogens is 2. The summed E-state index contributed by atoms with van der Waals surface area (Å²) in [5.74, 6) is 3.49. The Balaban J connectivity index is 1.30. The van der Waals surface area contributed by atoms with Crippen molar-refractivity contribution in [3.05, 3.63) is 78.1 Å². The molecule has 4 rings (SSSR count). The molecule has 5 nitrogen and oxygen atoms in total. The fourth-order valence-electron chi connectivity index (χ4n) is 3.87. The Morgan fingerprint density at radius 3 is 2.45 bits per heavy atom. The van der Waals surface area contributed by atoms with E-state index in [1.165, 1.54) is 30.4 Å². The van der Waals surface area contributed by atoms with Crippen molar-refractivity contribution in [3.8, 4) is 5.75 Å². The minimum Gasteiger partial charge on any atom is -0.497 e. The number of rotatable bonds is 7. The summed E-state index contributed by atoms with van der Waals surface area (Å²) in [4.78, 5) is 11.3. The number of nitrogens with one attached hydrogen (secondary N) is 1.